The molecular weight excluding hydrogens is 240 g/mol. The van der Waals surface area contributed by atoms with Crippen LogP contribution in [0.3, 0.4) is 0 Å². The Labute approximate surface area is 112 Å². The molecule has 0 spiro atoms. The number of anilines is 2. The van der Waals surface area contributed by atoms with E-state index < -0.39 is 0 Å². The molecule has 0 bridgehead atoms. The lowest BCUT2D eigenvalue weighted by Gasteiger charge is -2.09. The van der Waals surface area contributed by atoms with Gasteiger partial charge in [0.1, 0.15) is 0 Å². The van der Waals surface area contributed by atoms with Crippen molar-refractivity contribution < 1.29 is 4.79 Å². The zero-order valence-corrected chi connectivity index (χ0v) is 11.2. The van der Waals surface area contributed by atoms with E-state index in [1.54, 1.807) is 13.1 Å². The number of amides is 1. The number of nitrogens with zero attached hydrogens (tertiary/aromatic N) is 2. The summed E-state index contributed by atoms with van der Waals surface area (Å²) >= 11 is 0. The van der Waals surface area contributed by atoms with Crippen LogP contribution in [0.1, 0.15) is 21.7 Å². The molecule has 1 heterocycles. The summed E-state index contributed by atoms with van der Waals surface area (Å²) in [5.41, 5.74) is 2.98. The molecule has 0 fully saturated rings. The lowest BCUT2D eigenvalue weighted by Crippen LogP contribution is -2.16. The first kappa shape index (κ1) is 13.0. The van der Waals surface area contributed by atoms with Crippen molar-refractivity contribution in [3.05, 3.63) is 47.3 Å². The fourth-order valence-corrected chi connectivity index (χ4v) is 1.85. The molecule has 0 radical (unpaired) electrons. The van der Waals surface area contributed by atoms with E-state index in [1.165, 1.54) is 0 Å². The molecule has 0 atom stereocenters. The fourth-order valence-electron chi connectivity index (χ4n) is 1.85. The molecule has 0 unspecified atom stereocenters. The number of carbonyl (C=O) groups is 1. The van der Waals surface area contributed by atoms with E-state index in [4.69, 9.17) is 0 Å². The van der Waals surface area contributed by atoms with Gasteiger partial charge >= 0.3 is 0 Å². The van der Waals surface area contributed by atoms with E-state index in [2.05, 4.69) is 20.6 Å². The van der Waals surface area contributed by atoms with E-state index in [1.807, 2.05) is 38.1 Å². The van der Waals surface area contributed by atoms with Gasteiger partial charge in [0.15, 0.2) is 0 Å². The monoisotopic (exact) mass is 256 g/mol. The lowest BCUT2D eigenvalue weighted by molar-refractivity contribution is 0.102. The molecule has 0 aliphatic carbocycles. The number of rotatable bonds is 3. The number of aryl methyl sites for hydroxylation is 2. The third kappa shape index (κ3) is 3.07. The first-order valence-corrected chi connectivity index (χ1v) is 6.00. The number of benzene rings is 1. The minimum absolute atomic E-state index is 0.227. The molecule has 1 aromatic carbocycles. The van der Waals surface area contributed by atoms with Crippen LogP contribution in [-0.4, -0.2) is 22.9 Å². The Balaban J connectivity index is 2.25. The normalized spacial score (nSPS) is 10.1. The molecule has 1 aromatic heterocycles. The SMILES string of the molecule is CNc1ccccc1C(=O)Nc1nc(C)cc(C)n1. The highest BCUT2D eigenvalue weighted by atomic mass is 16.1. The minimum atomic E-state index is -0.227. The first-order valence-electron chi connectivity index (χ1n) is 6.00. The second-order valence-electron chi connectivity index (χ2n) is 4.22. The van der Waals surface area contributed by atoms with E-state index in [0.29, 0.717) is 11.5 Å². The van der Waals surface area contributed by atoms with Gasteiger partial charge in [-0.2, -0.15) is 0 Å². The predicted molar refractivity (Wildman–Crippen MR) is 75.4 cm³/mol. The van der Waals surface area contributed by atoms with Crippen LogP contribution in [0.25, 0.3) is 0 Å². The molecule has 5 heteroatoms. The third-order valence-corrected chi connectivity index (χ3v) is 2.65. The van der Waals surface area contributed by atoms with Crippen molar-refractivity contribution in [1.82, 2.24) is 9.97 Å². The largest absolute Gasteiger partial charge is 0.387 e. The summed E-state index contributed by atoms with van der Waals surface area (Å²) in [6, 6.07) is 9.15. The quantitative estimate of drug-likeness (QED) is 0.884. The van der Waals surface area contributed by atoms with E-state index in [-0.39, 0.29) is 5.91 Å². The summed E-state index contributed by atoms with van der Waals surface area (Å²) in [6.45, 7) is 3.73. The molecule has 5 nitrogen and oxygen atoms in total. The molecule has 0 saturated heterocycles. The second-order valence-corrected chi connectivity index (χ2v) is 4.22. The Morgan fingerprint density at radius 3 is 2.37 bits per heavy atom. The van der Waals surface area contributed by atoms with Crippen molar-refractivity contribution in [3.63, 3.8) is 0 Å². The Morgan fingerprint density at radius 2 is 1.74 bits per heavy atom. The van der Waals surface area contributed by atoms with Crippen molar-refractivity contribution in [3.8, 4) is 0 Å². The Hall–Kier alpha value is -2.43. The third-order valence-electron chi connectivity index (χ3n) is 2.65. The van der Waals surface area contributed by atoms with Gasteiger partial charge in [-0.1, -0.05) is 12.1 Å². The van der Waals surface area contributed by atoms with Crippen molar-refractivity contribution in [1.29, 1.82) is 0 Å². The molecule has 0 aliphatic rings. The van der Waals surface area contributed by atoms with Crippen LogP contribution in [0.15, 0.2) is 30.3 Å². The highest BCUT2D eigenvalue weighted by Gasteiger charge is 2.11. The fraction of sp³-hybridized carbons (Fsp3) is 0.214. The molecule has 19 heavy (non-hydrogen) atoms. The highest BCUT2D eigenvalue weighted by Crippen LogP contribution is 2.15. The number of hydrogen-bond acceptors (Lipinski definition) is 4. The highest BCUT2D eigenvalue weighted by molar-refractivity contribution is 6.07. The second kappa shape index (κ2) is 5.48. The maximum atomic E-state index is 12.2. The number of hydrogen-bond donors (Lipinski definition) is 2. The van der Waals surface area contributed by atoms with Crippen molar-refractivity contribution in [2.45, 2.75) is 13.8 Å². The standard InChI is InChI=1S/C14H16N4O/c1-9-8-10(2)17-14(16-9)18-13(19)11-6-4-5-7-12(11)15-3/h4-8,15H,1-3H3,(H,16,17,18,19). The molecular formula is C14H16N4O. The summed E-state index contributed by atoms with van der Waals surface area (Å²) in [4.78, 5) is 20.6. The number of para-hydroxylation sites is 1. The molecule has 1 amide bonds. The molecule has 2 N–H and O–H groups in total. The Morgan fingerprint density at radius 1 is 1.11 bits per heavy atom. The summed E-state index contributed by atoms with van der Waals surface area (Å²) < 4.78 is 0. The van der Waals surface area contributed by atoms with Gasteiger partial charge in [0, 0.05) is 24.1 Å². The molecule has 2 aromatic rings. The van der Waals surface area contributed by atoms with Gasteiger partial charge in [-0.15, -0.1) is 0 Å². The number of nitrogens with one attached hydrogen (secondary N) is 2. The van der Waals surface area contributed by atoms with Crippen LogP contribution < -0.4 is 10.6 Å². The van der Waals surface area contributed by atoms with Gasteiger partial charge in [0.05, 0.1) is 5.56 Å². The van der Waals surface area contributed by atoms with E-state index in [9.17, 15) is 4.79 Å². The van der Waals surface area contributed by atoms with Crippen molar-refractivity contribution in [2.24, 2.45) is 0 Å². The van der Waals surface area contributed by atoms with Crippen LogP contribution in [0.2, 0.25) is 0 Å². The Bertz CT molecular complexity index is 590. The average molecular weight is 256 g/mol. The predicted octanol–water partition coefficient (Wildman–Crippen LogP) is 2.39. The van der Waals surface area contributed by atoms with Crippen LogP contribution in [0.4, 0.5) is 11.6 Å². The van der Waals surface area contributed by atoms with Crippen LogP contribution >= 0.6 is 0 Å². The lowest BCUT2D eigenvalue weighted by atomic mass is 10.1. The molecule has 0 aliphatic heterocycles. The zero-order valence-electron chi connectivity index (χ0n) is 11.2. The zero-order chi connectivity index (χ0) is 13.8. The van der Waals surface area contributed by atoms with Gasteiger partial charge in [-0.05, 0) is 32.0 Å². The number of aromatic nitrogens is 2. The van der Waals surface area contributed by atoms with E-state index >= 15 is 0 Å². The van der Waals surface area contributed by atoms with Crippen molar-refractivity contribution in [2.75, 3.05) is 17.7 Å². The van der Waals surface area contributed by atoms with Gasteiger partial charge in [0.2, 0.25) is 5.95 Å². The average Bonchev–Trinajstić information content (AvgIpc) is 2.37. The topological polar surface area (TPSA) is 66.9 Å². The maximum absolute atomic E-state index is 12.2. The number of carbonyl (C=O) groups excluding carboxylic acids is 1. The van der Waals surface area contributed by atoms with Gasteiger partial charge in [0.25, 0.3) is 5.91 Å². The maximum Gasteiger partial charge on any atom is 0.260 e. The summed E-state index contributed by atoms with van der Waals surface area (Å²) in [5.74, 6) is 0.100. The minimum Gasteiger partial charge on any atom is -0.387 e. The summed E-state index contributed by atoms with van der Waals surface area (Å²) in [5, 5.41) is 5.70. The van der Waals surface area contributed by atoms with Crippen molar-refractivity contribution >= 4 is 17.5 Å². The van der Waals surface area contributed by atoms with Gasteiger partial charge < -0.3 is 5.32 Å². The van der Waals surface area contributed by atoms with Crippen LogP contribution in [-0.2, 0) is 0 Å². The molecule has 2 rings (SSSR count). The molecule has 98 valence electrons. The summed E-state index contributed by atoms with van der Waals surface area (Å²) in [7, 11) is 1.78. The van der Waals surface area contributed by atoms with Crippen LogP contribution in [0, 0.1) is 13.8 Å². The first-order chi connectivity index (χ1) is 9.10. The van der Waals surface area contributed by atoms with Gasteiger partial charge in [-0.25, -0.2) is 9.97 Å². The van der Waals surface area contributed by atoms with E-state index in [0.717, 1.165) is 17.1 Å². The smallest absolute Gasteiger partial charge is 0.260 e. The van der Waals surface area contributed by atoms with Gasteiger partial charge in [-0.3, -0.25) is 10.1 Å². The summed E-state index contributed by atoms with van der Waals surface area (Å²) in [6.07, 6.45) is 0. The molecule has 0 saturated carbocycles. The van der Waals surface area contributed by atoms with Crippen LogP contribution in [0.5, 0.6) is 0 Å². The Kier molecular flexibility index (Phi) is 3.75.